The first-order valence-electron chi connectivity index (χ1n) is 5.74. The van der Waals surface area contributed by atoms with E-state index in [-0.39, 0.29) is 0 Å². The van der Waals surface area contributed by atoms with E-state index >= 15 is 0 Å². The number of anilines is 2. The third-order valence-corrected chi connectivity index (χ3v) is 2.82. The molecule has 94 valence electrons. The average Bonchev–Trinajstić information content (AvgIpc) is 2.40. The first-order valence-corrected chi connectivity index (χ1v) is 5.74. The van der Waals surface area contributed by atoms with Crippen molar-refractivity contribution in [1.29, 1.82) is 0 Å². The number of nitrogen functional groups attached to an aromatic ring is 1. The molecule has 1 heterocycles. The first-order chi connectivity index (χ1) is 8.70. The Morgan fingerprint density at radius 2 is 1.94 bits per heavy atom. The summed E-state index contributed by atoms with van der Waals surface area (Å²) in [6.07, 6.45) is 3.58. The van der Waals surface area contributed by atoms with Gasteiger partial charge < -0.3 is 15.4 Å². The van der Waals surface area contributed by atoms with Gasteiger partial charge in [0.2, 0.25) is 0 Å². The Kier molecular flexibility index (Phi) is 3.67. The van der Waals surface area contributed by atoms with Crippen LogP contribution in [0.4, 0.5) is 11.4 Å². The summed E-state index contributed by atoms with van der Waals surface area (Å²) in [4.78, 5) is 6.10. The zero-order chi connectivity index (χ0) is 13.0. The normalized spacial score (nSPS) is 10.1. The number of hydrogen-bond acceptors (Lipinski definition) is 4. The van der Waals surface area contributed by atoms with Gasteiger partial charge in [0.15, 0.2) is 0 Å². The predicted octanol–water partition coefficient (Wildman–Crippen LogP) is 2.31. The number of hydrogen-bond donors (Lipinski definition) is 1. The Hall–Kier alpha value is -2.23. The molecule has 0 radical (unpaired) electrons. The maximum Gasteiger partial charge on any atom is 0.121 e. The Morgan fingerprint density at radius 3 is 2.61 bits per heavy atom. The van der Waals surface area contributed by atoms with Crippen molar-refractivity contribution in [1.82, 2.24) is 4.98 Å². The van der Waals surface area contributed by atoms with Crippen molar-refractivity contribution >= 4 is 11.4 Å². The van der Waals surface area contributed by atoms with E-state index in [1.165, 1.54) is 5.56 Å². The lowest BCUT2D eigenvalue weighted by Gasteiger charge is -2.21. The molecular formula is C14H17N3O. The van der Waals surface area contributed by atoms with Crippen LogP contribution in [0, 0.1) is 0 Å². The number of aromatic nitrogens is 1. The number of nitrogens with zero attached hydrogens (tertiary/aromatic N) is 2. The Labute approximate surface area is 107 Å². The van der Waals surface area contributed by atoms with Gasteiger partial charge in [0.1, 0.15) is 5.75 Å². The van der Waals surface area contributed by atoms with Gasteiger partial charge in [0, 0.05) is 32.1 Å². The second kappa shape index (κ2) is 5.40. The smallest absolute Gasteiger partial charge is 0.121 e. The third kappa shape index (κ3) is 2.71. The van der Waals surface area contributed by atoms with Gasteiger partial charge in [0.05, 0.1) is 18.5 Å². The lowest BCUT2D eigenvalue weighted by molar-refractivity contribution is 0.415. The van der Waals surface area contributed by atoms with E-state index in [1.54, 1.807) is 19.5 Å². The number of nitrogens with two attached hydrogens (primary N) is 1. The molecule has 4 heteroatoms. The van der Waals surface area contributed by atoms with Crippen LogP contribution in [0.15, 0.2) is 42.7 Å². The lowest BCUT2D eigenvalue weighted by Crippen LogP contribution is -2.17. The van der Waals surface area contributed by atoms with Crippen molar-refractivity contribution in [3.05, 3.63) is 48.3 Å². The summed E-state index contributed by atoms with van der Waals surface area (Å²) in [5.41, 5.74) is 8.89. The summed E-state index contributed by atoms with van der Waals surface area (Å²) in [7, 11) is 3.66. The number of rotatable bonds is 4. The molecule has 0 aliphatic rings. The quantitative estimate of drug-likeness (QED) is 0.837. The second-order valence-electron chi connectivity index (χ2n) is 4.14. The molecule has 2 rings (SSSR count). The molecule has 0 aliphatic carbocycles. The van der Waals surface area contributed by atoms with Gasteiger partial charge in [-0.3, -0.25) is 4.98 Å². The summed E-state index contributed by atoms with van der Waals surface area (Å²) >= 11 is 0. The molecule has 0 bridgehead atoms. The summed E-state index contributed by atoms with van der Waals surface area (Å²) in [5, 5.41) is 0. The van der Waals surface area contributed by atoms with Gasteiger partial charge in [-0.05, 0) is 29.8 Å². The third-order valence-electron chi connectivity index (χ3n) is 2.82. The molecular weight excluding hydrogens is 226 g/mol. The van der Waals surface area contributed by atoms with E-state index in [2.05, 4.69) is 9.88 Å². The van der Waals surface area contributed by atoms with Crippen LogP contribution in [0.3, 0.4) is 0 Å². The van der Waals surface area contributed by atoms with E-state index in [1.807, 2.05) is 37.4 Å². The zero-order valence-corrected chi connectivity index (χ0v) is 10.6. The molecule has 1 aromatic carbocycles. The van der Waals surface area contributed by atoms with Crippen molar-refractivity contribution in [3.8, 4) is 5.75 Å². The highest BCUT2D eigenvalue weighted by molar-refractivity contribution is 5.69. The molecule has 18 heavy (non-hydrogen) atoms. The fourth-order valence-electron chi connectivity index (χ4n) is 1.83. The molecule has 0 saturated carbocycles. The van der Waals surface area contributed by atoms with E-state index in [9.17, 15) is 0 Å². The number of methoxy groups -OCH3 is 1. The van der Waals surface area contributed by atoms with Gasteiger partial charge >= 0.3 is 0 Å². The fourth-order valence-corrected chi connectivity index (χ4v) is 1.83. The lowest BCUT2D eigenvalue weighted by atomic mass is 10.2. The largest absolute Gasteiger partial charge is 0.497 e. The van der Waals surface area contributed by atoms with Crippen LogP contribution >= 0.6 is 0 Å². The molecule has 0 fully saturated rings. The molecule has 2 N–H and O–H groups in total. The number of benzene rings is 1. The summed E-state index contributed by atoms with van der Waals surface area (Å²) < 4.78 is 5.22. The SMILES string of the molecule is COc1ccc(N)c(N(C)Cc2ccncc2)c1. The van der Waals surface area contributed by atoms with Gasteiger partial charge in [0.25, 0.3) is 0 Å². The minimum absolute atomic E-state index is 0.743. The van der Waals surface area contributed by atoms with Crippen LogP contribution in [0.2, 0.25) is 0 Å². The van der Waals surface area contributed by atoms with E-state index in [0.717, 1.165) is 23.7 Å². The topological polar surface area (TPSA) is 51.4 Å². The predicted molar refractivity (Wildman–Crippen MR) is 73.8 cm³/mol. The van der Waals surface area contributed by atoms with Crippen molar-refractivity contribution < 1.29 is 4.74 Å². The van der Waals surface area contributed by atoms with Crippen LogP contribution in [0.25, 0.3) is 0 Å². The molecule has 0 unspecified atom stereocenters. The molecule has 0 spiro atoms. The minimum atomic E-state index is 0.743. The van der Waals surface area contributed by atoms with Crippen LogP contribution in [0.5, 0.6) is 5.75 Å². The van der Waals surface area contributed by atoms with Gasteiger partial charge in [-0.15, -0.1) is 0 Å². The highest BCUT2D eigenvalue weighted by atomic mass is 16.5. The van der Waals surface area contributed by atoms with Gasteiger partial charge in [-0.25, -0.2) is 0 Å². The van der Waals surface area contributed by atoms with Gasteiger partial charge in [-0.2, -0.15) is 0 Å². The molecule has 0 atom stereocenters. The Bertz CT molecular complexity index is 514. The summed E-state index contributed by atoms with van der Waals surface area (Å²) in [5.74, 6) is 0.806. The highest BCUT2D eigenvalue weighted by Crippen LogP contribution is 2.28. The minimum Gasteiger partial charge on any atom is -0.497 e. The second-order valence-corrected chi connectivity index (χ2v) is 4.14. The van der Waals surface area contributed by atoms with Crippen LogP contribution in [-0.4, -0.2) is 19.1 Å². The first kappa shape index (κ1) is 12.2. The molecule has 4 nitrogen and oxygen atoms in total. The Morgan fingerprint density at radius 1 is 1.22 bits per heavy atom. The molecule has 0 aliphatic heterocycles. The molecule has 0 amide bonds. The monoisotopic (exact) mass is 243 g/mol. The van der Waals surface area contributed by atoms with Crippen LogP contribution in [-0.2, 0) is 6.54 Å². The fraction of sp³-hybridized carbons (Fsp3) is 0.214. The van der Waals surface area contributed by atoms with Gasteiger partial charge in [-0.1, -0.05) is 0 Å². The maximum absolute atomic E-state index is 5.99. The standard InChI is InChI=1S/C14H17N3O/c1-17(10-11-5-7-16-8-6-11)14-9-12(18-2)3-4-13(14)15/h3-9H,10,15H2,1-2H3. The number of ether oxygens (including phenoxy) is 1. The van der Waals surface area contributed by atoms with Crippen molar-refractivity contribution in [2.75, 3.05) is 24.8 Å². The number of pyridine rings is 1. The highest BCUT2D eigenvalue weighted by Gasteiger charge is 2.07. The van der Waals surface area contributed by atoms with Crippen molar-refractivity contribution in [2.45, 2.75) is 6.54 Å². The van der Waals surface area contributed by atoms with Crippen LogP contribution in [0.1, 0.15) is 5.56 Å². The average molecular weight is 243 g/mol. The van der Waals surface area contributed by atoms with E-state index < -0.39 is 0 Å². The van der Waals surface area contributed by atoms with E-state index in [4.69, 9.17) is 10.5 Å². The van der Waals surface area contributed by atoms with Crippen LogP contribution < -0.4 is 15.4 Å². The summed E-state index contributed by atoms with van der Waals surface area (Å²) in [6, 6.07) is 9.65. The zero-order valence-electron chi connectivity index (χ0n) is 10.6. The molecule has 0 saturated heterocycles. The molecule has 2 aromatic rings. The van der Waals surface area contributed by atoms with E-state index in [0.29, 0.717) is 0 Å². The summed E-state index contributed by atoms with van der Waals surface area (Å²) in [6.45, 7) is 0.778. The Balaban J connectivity index is 2.20. The molecule has 1 aromatic heterocycles. The van der Waals surface area contributed by atoms with Crippen molar-refractivity contribution in [3.63, 3.8) is 0 Å². The maximum atomic E-state index is 5.99. The van der Waals surface area contributed by atoms with Crippen molar-refractivity contribution in [2.24, 2.45) is 0 Å².